The van der Waals surface area contributed by atoms with E-state index >= 15 is 0 Å². The number of Topliss-reactive ketones (excluding diaryl/α,β-unsaturated/α-hetero) is 2. The van der Waals surface area contributed by atoms with Gasteiger partial charge >= 0.3 is 0 Å². The van der Waals surface area contributed by atoms with Gasteiger partial charge in [0, 0.05) is 43.6 Å². The highest BCUT2D eigenvalue weighted by atomic mass is 32.2. The molecule has 2 aromatic carbocycles. The van der Waals surface area contributed by atoms with Crippen LogP contribution in [0.3, 0.4) is 0 Å². The van der Waals surface area contributed by atoms with Crippen LogP contribution >= 0.6 is 0 Å². The molecule has 0 spiro atoms. The SMILES string of the molecule is COCCCC(=O)CCCCCS(=O)(=O)CC(=O)C(C)c1ccc(C(=O)c2ccccc2)cc1. The van der Waals surface area contributed by atoms with E-state index in [0.29, 0.717) is 61.8 Å². The smallest absolute Gasteiger partial charge is 0.193 e. The number of benzene rings is 2. The molecule has 7 heteroatoms. The van der Waals surface area contributed by atoms with Crippen molar-refractivity contribution in [2.24, 2.45) is 0 Å². The van der Waals surface area contributed by atoms with Crippen LogP contribution in [0, 0.1) is 0 Å². The molecule has 0 aliphatic rings. The van der Waals surface area contributed by atoms with Gasteiger partial charge in [-0.3, -0.25) is 14.4 Å². The van der Waals surface area contributed by atoms with E-state index in [1.165, 1.54) is 0 Å². The van der Waals surface area contributed by atoms with E-state index in [1.54, 1.807) is 62.6 Å². The molecule has 0 saturated heterocycles. The Kier molecular flexibility index (Phi) is 11.3. The lowest BCUT2D eigenvalue weighted by atomic mass is 9.95. The van der Waals surface area contributed by atoms with Crippen LogP contribution < -0.4 is 0 Å². The number of sulfone groups is 1. The maximum atomic E-state index is 12.6. The number of hydrogen-bond acceptors (Lipinski definition) is 6. The Morgan fingerprint density at radius 3 is 2.09 bits per heavy atom. The summed E-state index contributed by atoms with van der Waals surface area (Å²) in [6, 6.07) is 15.7. The summed E-state index contributed by atoms with van der Waals surface area (Å²) < 4.78 is 29.7. The van der Waals surface area contributed by atoms with Crippen molar-refractivity contribution in [3.8, 4) is 0 Å². The Morgan fingerprint density at radius 2 is 1.44 bits per heavy atom. The van der Waals surface area contributed by atoms with Gasteiger partial charge in [0.05, 0.1) is 5.75 Å². The van der Waals surface area contributed by atoms with Crippen LogP contribution in [0.15, 0.2) is 54.6 Å². The summed E-state index contributed by atoms with van der Waals surface area (Å²) in [5.74, 6) is -1.45. The molecule has 0 heterocycles. The third kappa shape index (κ3) is 9.31. The van der Waals surface area contributed by atoms with Gasteiger partial charge in [0.25, 0.3) is 0 Å². The zero-order chi connectivity index (χ0) is 25.0. The minimum atomic E-state index is -3.51. The van der Waals surface area contributed by atoms with Gasteiger partial charge in [-0.1, -0.05) is 67.9 Å². The van der Waals surface area contributed by atoms with Crippen LogP contribution in [-0.2, 0) is 24.2 Å². The van der Waals surface area contributed by atoms with Gasteiger partial charge in [-0.25, -0.2) is 8.42 Å². The summed E-state index contributed by atoms with van der Waals surface area (Å²) in [4.78, 5) is 36.9. The molecule has 0 amide bonds. The van der Waals surface area contributed by atoms with Gasteiger partial charge in [0.1, 0.15) is 11.5 Å². The maximum absolute atomic E-state index is 12.6. The Bertz CT molecular complexity index is 1040. The average Bonchev–Trinajstić information content (AvgIpc) is 2.83. The van der Waals surface area contributed by atoms with Crippen LogP contribution in [-0.4, -0.2) is 51.0 Å². The number of rotatable bonds is 16. The highest BCUT2D eigenvalue weighted by molar-refractivity contribution is 7.92. The molecule has 6 nitrogen and oxygen atoms in total. The molecule has 0 fully saturated rings. The molecule has 34 heavy (non-hydrogen) atoms. The topological polar surface area (TPSA) is 94.6 Å². The van der Waals surface area contributed by atoms with Crippen molar-refractivity contribution in [1.29, 1.82) is 0 Å². The Labute approximate surface area is 202 Å². The van der Waals surface area contributed by atoms with E-state index in [4.69, 9.17) is 4.74 Å². The van der Waals surface area contributed by atoms with E-state index < -0.39 is 21.5 Å². The second kappa shape index (κ2) is 13.9. The number of ether oxygens (including phenoxy) is 1. The van der Waals surface area contributed by atoms with E-state index in [0.717, 1.165) is 0 Å². The molecular formula is C27H34O6S. The average molecular weight is 487 g/mol. The summed E-state index contributed by atoms with van der Waals surface area (Å²) in [5.41, 5.74) is 1.78. The van der Waals surface area contributed by atoms with Crippen LogP contribution in [0.1, 0.15) is 72.9 Å². The fraction of sp³-hybridized carbons (Fsp3) is 0.444. The van der Waals surface area contributed by atoms with Crippen LogP contribution in [0.4, 0.5) is 0 Å². The first kappa shape index (κ1) is 27.6. The number of carbonyl (C=O) groups is 3. The minimum Gasteiger partial charge on any atom is -0.385 e. The van der Waals surface area contributed by atoms with Gasteiger partial charge in [0.15, 0.2) is 21.4 Å². The monoisotopic (exact) mass is 486 g/mol. The molecule has 184 valence electrons. The summed E-state index contributed by atoms with van der Waals surface area (Å²) in [6.45, 7) is 2.24. The van der Waals surface area contributed by atoms with Crippen molar-refractivity contribution in [3.05, 3.63) is 71.3 Å². The first-order chi connectivity index (χ1) is 16.2. The van der Waals surface area contributed by atoms with Crippen LogP contribution in [0.25, 0.3) is 0 Å². The lowest BCUT2D eigenvalue weighted by Gasteiger charge is -2.12. The number of hydrogen-bond donors (Lipinski definition) is 0. The van der Waals surface area contributed by atoms with E-state index in [-0.39, 0.29) is 23.1 Å². The highest BCUT2D eigenvalue weighted by Gasteiger charge is 2.22. The molecule has 2 rings (SSSR count). The Morgan fingerprint density at radius 1 is 0.824 bits per heavy atom. The number of unbranched alkanes of at least 4 members (excludes halogenated alkanes) is 2. The zero-order valence-corrected chi connectivity index (χ0v) is 20.8. The minimum absolute atomic E-state index is 0.0617. The Hall–Kier alpha value is -2.64. The van der Waals surface area contributed by atoms with Gasteiger partial charge in [-0.15, -0.1) is 0 Å². The molecule has 1 unspecified atom stereocenters. The molecule has 0 saturated carbocycles. The van der Waals surface area contributed by atoms with Gasteiger partial charge in [-0.2, -0.15) is 0 Å². The molecule has 0 radical (unpaired) electrons. The maximum Gasteiger partial charge on any atom is 0.193 e. The second-order valence-corrected chi connectivity index (χ2v) is 10.7. The quantitative estimate of drug-likeness (QED) is 0.255. The first-order valence-corrected chi connectivity index (χ1v) is 13.5. The van der Waals surface area contributed by atoms with Crippen molar-refractivity contribution in [3.63, 3.8) is 0 Å². The predicted molar refractivity (Wildman–Crippen MR) is 133 cm³/mol. The van der Waals surface area contributed by atoms with Crippen molar-refractivity contribution in [1.82, 2.24) is 0 Å². The van der Waals surface area contributed by atoms with Crippen molar-refractivity contribution in [2.75, 3.05) is 25.2 Å². The van der Waals surface area contributed by atoms with Crippen molar-refractivity contribution < 1.29 is 27.5 Å². The molecule has 0 bridgehead atoms. The molecule has 0 aromatic heterocycles. The van der Waals surface area contributed by atoms with Gasteiger partial charge in [0.2, 0.25) is 0 Å². The number of ketones is 3. The largest absolute Gasteiger partial charge is 0.385 e. The number of carbonyl (C=O) groups excluding carboxylic acids is 3. The molecule has 1 atom stereocenters. The highest BCUT2D eigenvalue weighted by Crippen LogP contribution is 2.20. The zero-order valence-electron chi connectivity index (χ0n) is 20.0. The third-order valence-electron chi connectivity index (χ3n) is 5.77. The van der Waals surface area contributed by atoms with Crippen molar-refractivity contribution >= 4 is 27.2 Å². The lowest BCUT2D eigenvalue weighted by molar-refractivity contribution is -0.119. The molecule has 0 N–H and O–H groups in total. The predicted octanol–water partition coefficient (Wildman–Crippen LogP) is 4.56. The van der Waals surface area contributed by atoms with Crippen LogP contribution in [0.5, 0.6) is 0 Å². The Balaban J connectivity index is 1.79. The van der Waals surface area contributed by atoms with E-state index in [9.17, 15) is 22.8 Å². The fourth-order valence-electron chi connectivity index (χ4n) is 3.64. The fourth-order valence-corrected chi connectivity index (χ4v) is 5.11. The molecule has 2 aromatic rings. The second-order valence-electron chi connectivity index (χ2n) is 8.54. The van der Waals surface area contributed by atoms with E-state index in [2.05, 4.69) is 0 Å². The molecule has 0 aliphatic heterocycles. The normalized spacial score (nSPS) is 12.3. The standard InChI is InChI=1S/C27H34O6S/c1-21(22-14-16-24(17-15-22)27(30)23-10-5-3-6-11-23)26(29)20-34(31,32)19-8-4-7-12-25(28)13-9-18-33-2/h3,5-6,10-11,14-17,21H,4,7-9,12-13,18-20H2,1-2H3. The summed E-state index contributed by atoms with van der Waals surface area (Å²) in [6.07, 6.45) is 3.36. The summed E-state index contributed by atoms with van der Waals surface area (Å²) >= 11 is 0. The van der Waals surface area contributed by atoms with Gasteiger partial charge < -0.3 is 4.74 Å². The van der Waals surface area contributed by atoms with E-state index in [1.807, 2.05) is 6.07 Å². The van der Waals surface area contributed by atoms with Gasteiger partial charge in [-0.05, 0) is 24.8 Å². The third-order valence-corrected chi connectivity index (χ3v) is 7.40. The van der Waals surface area contributed by atoms with Crippen molar-refractivity contribution in [2.45, 2.75) is 51.4 Å². The summed E-state index contributed by atoms with van der Waals surface area (Å²) in [5, 5.41) is 0. The first-order valence-electron chi connectivity index (χ1n) is 11.7. The molecule has 0 aliphatic carbocycles. The van der Waals surface area contributed by atoms with Crippen LogP contribution in [0.2, 0.25) is 0 Å². The number of methoxy groups -OCH3 is 1. The summed E-state index contributed by atoms with van der Waals surface area (Å²) in [7, 11) is -1.92. The molecular weight excluding hydrogens is 452 g/mol. The lowest BCUT2D eigenvalue weighted by Crippen LogP contribution is -2.23.